The molecular weight excluding hydrogens is 219 g/mol. The van der Waals surface area contributed by atoms with Gasteiger partial charge in [-0.3, -0.25) is 4.79 Å². The van der Waals surface area contributed by atoms with Crippen molar-refractivity contribution in [3.8, 4) is 0 Å². The van der Waals surface area contributed by atoms with E-state index >= 15 is 0 Å². The molecule has 0 radical (unpaired) electrons. The lowest BCUT2D eigenvalue weighted by Gasteiger charge is -2.11. The minimum Gasteiger partial charge on any atom is -0.349 e. The number of amides is 1. The third-order valence-electron chi connectivity index (χ3n) is 2.24. The van der Waals surface area contributed by atoms with Gasteiger partial charge < -0.3 is 4.90 Å². The smallest absolute Gasteiger partial charge is 0.226 e. The second-order valence-corrected chi connectivity index (χ2v) is 3.76. The van der Waals surface area contributed by atoms with E-state index in [2.05, 4.69) is 0 Å². The molecule has 0 spiro atoms. The zero-order valence-corrected chi connectivity index (χ0v) is 9.27. The van der Waals surface area contributed by atoms with Gasteiger partial charge in [0.25, 0.3) is 0 Å². The van der Waals surface area contributed by atoms with Crippen molar-refractivity contribution < 1.29 is 18.0 Å². The average molecular weight is 231 g/mol. The lowest BCUT2D eigenvalue weighted by Crippen LogP contribution is -2.24. The van der Waals surface area contributed by atoms with Crippen LogP contribution in [-0.2, 0) is 11.2 Å². The number of aryl methyl sites for hydroxylation is 1. The minimum absolute atomic E-state index is 0.0135. The van der Waals surface area contributed by atoms with Gasteiger partial charge in [-0.2, -0.15) is 0 Å². The Hall–Kier alpha value is -1.52. The van der Waals surface area contributed by atoms with Gasteiger partial charge in [-0.25, -0.2) is 13.2 Å². The predicted octanol–water partition coefficient (Wildman–Crippen LogP) is 2.04. The molecule has 88 valence electrons. The monoisotopic (exact) mass is 231 g/mol. The summed E-state index contributed by atoms with van der Waals surface area (Å²) in [5, 5.41) is 0. The summed E-state index contributed by atoms with van der Waals surface area (Å²) in [5.41, 5.74) is -0.143. The van der Waals surface area contributed by atoms with Crippen LogP contribution < -0.4 is 0 Å². The standard InChI is InChI=1S/C11H12F3NO/c1-6-4-7(5-8(16)15(2)3)10(13)11(14)9(6)12/h4H,5H2,1-3H3. The number of carbonyl (C=O) groups excluding carboxylic acids is 1. The summed E-state index contributed by atoms with van der Waals surface area (Å²) in [6.07, 6.45) is -0.281. The van der Waals surface area contributed by atoms with Crippen LogP contribution in [0.1, 0.15) is 11.1 Å². The largest absolute Gasteiger partial charge is 0.349 e. The van der Waals surface area contributed by atoms with Crippen LogP contribution in [-0.4, -0.2) is 24.9 Å². The van der Waals surface area contributed by atoms with Crippen molar-refractivity contribution in [3.63, 3.8) is 0 Å². The Labute approximate surface area is 91.7 Å². The molecule has 0 bridgehead atoms. The number of benzene rings is 1. The Balaban J connectivity index is 3.11. The number of nitrogens with zero attached hydrogens (tertiary/aromatic N) is 1. The Bertz CT molecular complexity index is 430. The first-order valence-electron chi connectivity index (χ1n) is 4.67. The van der Waals surface area contributed by atoms with Gasteiger partial charge in [-0.15, -0.1) is 0 Å². The zero-order valence-electron chi connectivity index (χ0n) is 9.27. The van der Waals surface area contributed by atoms with Crippen molar-refractivity contribution in [1.29, 1.82) is 0 Å². The highest BCUT2D eigenvalue weighted by Crippen LogP contribution is 2.19. The molecule has 0 fully saturated rings. The molecule has 0 saturated heterocycles. The van der Waals surface area contributed by atoms with E-state index in [0.717, 1.165) is 6.07 Å². The van der Waals surface area contributed by atoms with Crippen LogP contribution in [0.4, 0.5) is 13.2 Å². The lowest BCUT2D eigenvalue weighted by molar-refractivity contribution is -0.128. The highest BCUT2D eigenvalue weighted by molar-refractivity contribution is 5.78. The third kappa shape index (κ3) is 2.35. The fraction of sp³-hybridized carbons (Fsp3) is 0.364. The maximum Gasteiger partial charge on any atom is 0.226 e. The maximum absolute atomic E-state index is 13.3. The molecule has 2 nitrogen and oxygen atoms in total. The van der Waals surface area contributed by atoms with Crippen LogP contribution in [0, 0.1) is 24.4 Å². The molecule has 0 aliphatic rings. The molecule has 0 aromatic heterocycles. The summed E-state index contributed by atoms with van der Waals surface area (Å²) in [7, 11) is 3.01. The molecule has 5 heteroatoms. The van der Waals surface area contributed by atoms with Gasteiger partial charge in [0.05, 0.1) is 6.42 Å². The Morgan fingerprint density at radius 3 is 2.25 bits per heavy atom. The topological polar surface area (TPSA) is 20.3 Å². The van der Waals surface area contributed by atoms with Crippen molar-refractivity contribution in [1.82, 2.24) is 4.90 Å². The summed E-state index contributed by atoms with van der Waals surface area (Å²) < 4.78 is 39.3. The molecule has 0 heterocycles. The van der Waals surface area contributed by atoms with Gasteiger partial charge in [0.15, 0.2) is 17.5 Å². The number of halogens is 3. The van der Waals surface area contributed by atoms with E-state index in [4.69, 9.17) is 0 Å². The van der Waals surface area contributed by atoms with Crippen molar-refractivity contribution >= 4 is 5.91 Å². The number of carbonyl (C=O) groups is 1. The van der Waals surface area contributed by atoms with Crippen LogP contribution in [0.5, 0.6) is 0 Å². The summed E-state index contributed by atoms with van der Waals surface area (Å²) in [6, 6.07) is 1.15. The lowest BCUT2D eigenvalue weighted by atomic mass is 10.1. The Morgan fingerprint density at radius 2 is 1.75 bits per heavy atom. The summed E-state index contributed by atoms with van der Waals surface area (Å²) in [4.78, 5) is 12.6. The molecule has 0 aliphatic heterocycles. The van der Waals surface area contributed by atoms with Gasteiger partial charge in [0.1, 0.15) is 0 Å². The van der Waals surface area contributed by atoms with Gasteiger partial charge in [-0.1, -0.05) is 0 Å². The SMILES string of the molecule is Cc1cc(CC(=O)N(C)C)c(F)c(F)c1F. The number of hydrogen-bond donors (Lipinski definition) is 0. The summed E-state index contributed by atoms with van der Waals surface area (Å²) in [6.45, 7) is 1.32. The molecule has 0 unspecified atom stereocenters. The molecule has 0 atom stereocenters. The highest BCUT2D eigenvalue weighted by Gasteiger charge is 2.18. The second-order valence-electron chi connectivity index (χ2n) is 3.76. The number of rotatable bonds is 2. The Morgan fingerprint density at radius 1 is 1.19 bits per heavy atom. The van der Waals surface area contributed by atoms with Gasteiger partial charge in [0.2, 0.25) is 5.91 Å². The predicted molar refractivity (Wildman–Crippen MR) is 53.5 cm³/mol. The molecule has 1 aromatic rings. The first kappa shape index (κ1) is 12.5. The second kappa shape index (κ2) is 4.55. The molecule has 1 amide bonds. The van der Waals surface area contributed by atoms with Crippen LogP contribution in [0.2, 0.25) is 0 Å². The molecule has 1 aromatic carbocycles. The molecule has 0 N–H and O–H groups in total. The average Bonchev–Trinajstić information content (AvgIpc) is 2.22. The van der Waals surface area contributed by atoms with E-state index in [-0.39, 0.29) is 23.5 Å². The van der Waals surface area contributed by atoms with Crippen LogP contribution in [0.15, 0.2) is 6.07 Å². The highest BCUT2D eigenvalue weighted by atomic mass is 19.2. The van der Waals surface area contributed by atoms with Crippen molar-refractivity contribution in [2.24, 2.45) is 0 Å². The van der Waals surface area contributed by atoms with Crippen molar-refractivity contribution in [2.45, 2.75) is 13.3 Å². The fourth-order valence-electron chi connectivity index (χ4n) is 1.25. The van der Waals surface area contributed by atoms with Gasteiger partial charge in [-0.05, 0) is 18.6 Å². The molecule has 16 heavy (non-hydrogen) atoms. The Kier molecular flexibility index (Phi) is 3.57. The maximum atomic E-state index is 13.3. The van der Waals surface area contributed by atoms with Crippen molar-refractivity contribution in [2.75, 3.05) is 14.1 Å². The first-order valence-corrected chi connectivity index (χ1v) is 4.67. The normalized spacial score (nSPS) is 10.4. The van der Waals surface area contributed by atoms with E-state index in [1.807, 2.05) is 0 Å². The van der Waals surface area contributed by atoms with E-state index in [9.17, 15) is 18.0 Å². The van der Waals surface area contributed by atoms with E-state index in [1.165, 1.54) is 25.9 Å². The van der Waals surface area contributed by atoms with Crippen LogP contribution >= 0.6 is 0 Å². The third-order valence-corrected chi connectivity index (χ3v) is 2.24. The van der Waals surface area contributed by atoms with E-state index in [0.29, 0.717) is 0 Å². The summed E-state index contributed by atoms with van der Waals surface area (Å²) >= 11 is 0. The van der Waals surface area contributed by atoms with Crippen LogP contribution in [0.25, 0.3) is 0 Å². The van der Waals surface area contributed by atoms with Gasteiger partial charge in [0, 0.05) is 19.7 Å². The fourth-order valence-corrected chi connectivity index (χ4v) is 1.25. The van der Waals surface area contributed by atoms with Gasteiger partial charge >= 0.3 is 0 Å². The molecule has 0 saturated carbocycles. The first-order chi connectivity index (χ1) is 7.34. The number of likely N-dealkylation sites (N-methyl/N-ethyl adjacent to an activating group) is 1. The quantitative estimate of drug-likeness (QED) is 0.713. The molecule has 0 aliphatic carbocycles. The van der Waals surface area contributed by atoms with E-state index < -0.39 is 17.5 Å². The zero-order chi connectivity index (χ0) is 12.5. The molecular formula is C11H12F3NO. The van der Waals surface area contributed by atoms with Crippen LogP contribution in [0.3, 0.4) is 0 Å². The van der Waals surface area contributed by atoms with Crippen molar-refractivity contribution in [3.05, 3.63) is 34.6 Å². The summed E-state index contributed by atoms with van der Waals surface area (Å²) in [5.74, 6) is -4.40. The number of hydrogen-bond acceptors (Lipinski definition) is 1. The van der Waals surface area contributed by atoms with E-state index in [1.54, 1.807) is 0 Å². The minimum atomic E-state index is -1.53. The molecule has 1 rings (SSSR count).